The zero-order valence-electron chi connectivity index (χ0n) is 12.1. The second-order valence-electron chi connectivity index (χ2n) is 4.86. The maximum atomic E-state index is 5.95. The van der Waals surface area contributed by atoms with Crippen LogP contribution in [-0.2, 0) is 0 Å². The number of nitrogens with one attached hydrogen (secondary N) is 1. The van der Waals surface area contributed by atoms with Crippen molar-refractivity contribution in [3.05, 3.63) is 56.5 Å². The average molecular weight is 402 g/mol. The summed E-state index contributed by atoms with van der Waals surface area (Å²) in [5.41, 5.74) is 4.62. The van der Waals surface area contributed by atoms with Gasteiger partial charge in [0.1, 0.15) is 5.75 Å². The standard InChI is InChI=1S/C16H15BrCl2N2O/c1-10(2)22-16-6-3-11(7-13(16)17)9-20-21-12-4-5-14(18)15(19)8-12/h3-10,21H,1-2H3. The Morgan fingerprint density at radius 2 is 1.91 bits per heavy atom. The van der Waals surface area contributed by atoms with Crippen LogP contribution in [-0.4, -0.2) is 12.3 Å². The molecule has 1 N–H and O–H groups in total. The third-order valence-electron chi connectivity index (χ3n) is 2.65. The first kappa shape index (κ1) is 17.1. The summed E-state index contributed by atoms with van der Waals surface area (Å²) in [4.78, 5) is 0. The first-order chi connectivity index (χ1) is 10.5. The number of halogens is 3. The number of nitrogens with zero attached hydrogens (tertiary/aromatic N) is 1. The van der Waals surface area contributed by atoms with Crippen molar-refractivity contribution in [3.63, 3.8) is 0 Å². The molecule has 0 aromatic heterocycles. The molecule has 0 radical (unpaired) electrons. The molecule has 22 heavy (non-hydrogen) atoms. The van der Waals surface area contributed by atoms with E-state index in [0.717, 1.165) is 21.5 Å². The van der Waals surface area contributed by atoms with E-state index in [4.69, 9.17) is 27.9 Å². The van der Waals surface area contributed by atoms with Gasteiger partial charge >= 0.3 is 0 Å². The average Bonchev–Trinajstić information content (AvgIpc) is 2.45. The molecular weight excluding hydrogens is 387 g/mol. The van der Waals surface area contributed by atoms with Crippen molar-refractivity contribution in [2.24, 2.45) is 5.10 Å². The van der Waals surface area contributed by atoms with E-state index in [1.807, 2.05) is 32.0 Å². The lowest BCUT2D eigenvalue weighted by Crippen LogP contribution is -2.06. The predicted molar refractivity (Wildman–Crippen MR) is 97.6 cm³/mol. The van der Waals surface area contributed by atoms with Crippen LogP contribution in [0.25, 0.3) is 0 Å². The Hall–Kier alpha value is -1.23. The second kappa shape index (κ2) is 7.86. The van der Waals surface area contributed by atoms with Crippen LogP contribution in [0.2, 0.25) is 10.0 Å². The molecule has 3 nitrogen and oxygen atoms in total. The highest BCUT2D eigenvalue weighted by atomic mass is 79.9. The molecule has 0 atom stereocenters. The number of hydrogen-bond donors (Lipinski definition) is 1. The van der Waals surface area contributed by atoms with Gasteiger partial charge in [-0.05, 0) is 71.7 Å². The molecule has 116 valence electrons. The van der Waals surface area contributed by atoms with Crippen LogP contribution in [0.15, 0.2) is 46.0 Å². The van der Waals surface area contributed by atoms with Gasteiger partial charge < -0.3 is 4.74 Å². The van der Waals surface area contributed by atoms with E-state index < -0.39 is 0 Å². The Kier molecular flexibility index (Phi) is 6.12. The quantitative estimate of drug-likeness (QED) is 0.493. The second-order valence-corrected chi connectivity index (χ2v) is 6.52. The van der Waals surface area contributed by atoms with Crippen molar-refractivity contribution >= 4 is 51.0 Å². The molecule has 0 saturated heterocycles. The highest BCUT2D eigenvalue weighted by Crippen LogP contribution is 2.27. The van der Waals surface area contributed by atoms with Crippen molar-refractivity contribution < 1.29 is 4.74 Å². The Labute approximate surface area is 148 Å². The maximum Gasteiger partial charge on any atom is 0.133 e. The molecule has 2 rings (SSSR count). The minimum Gasteiger partial charge on any atom is -0.490 e. The molecule has 0 aliphatic carbocycles. The van der Waals surface area contributed by atoms with Crippen molar-refractivity contribution in [1.82, 2.24) is 0 Å². The number of anilines is 1. The first-order valence-corrected chi connectivity index (χ1v) is 8.21. The fourth-order valence-electron chi connectivity index (χ4n) is 1.69. The lowest BCUT2D eigenvalue weighted by atomic mass is 10.2. The summed E-state index contributed by atoms with van der Waals surface area (Å²) in [5, 5.41) is 5.18. The molecule has 0 saturated carbocycles. The normalized spacial score (nSPS) is 11.2. The van der Waals surface area contributed by atoms with E-state index >= 15 is 0 Å². The van der Waals surface area contributed by atoms with Crippen molar-refractivity contribution in [2.75, 3.05) is 5.43 Å². The van der Waals surface area contributed by atoms with Gasteiger partial charge in [0.25, 0.3) is 0 Å². The summed E-state index contributed by atoms with van der Waals surface area (Å²) in [6, 6.07) is 11.0. The van der Waals surface area contributed by atoms with E-state index in [2.05, 4.69) is 26.5 Å². The molecule has 2 aromatic carbocycles. The number of benzene rings is 2. The van der Waals surface area contributed by atoms with E-state index in [0.29, 0.717) is 10.0 Å². The lowest BCUT2D eigenvalue weighted by molar-refractivity contribution is 0.241. The van der Waals surface area contributed by atoms with Crippen molar-refractivity contribution in [2.45, 2.75) is 20.0 Å². The Morgan fingerprint density at radius 1 is 1.14 bits per heavy atom. The number of hydrogen-bond acceptors (Lipinski definition) is 3. The zero-order valence-corrected chi connectivity index (χ0v) is 15.2. The zero-order chi connectivity index (χ0) is 16.1. The third-order valence-corrected chi connectivity index (χ3v) is 4.00. The summed E-state index contributed by atoms with van der Waals surface area (Å²) in [6.07, 6.45) is 1.85. The van der Waals surface area contributed by atoms with Gasteiger partial charge in [0.15, 0.2) is 0 Å². The van der Waals surface area contributed by atoms with Crippen LogP contribution in [0, 0.1) is 0 Å². The molecular formula is C16H15BrCl2N2O. The van der Waals surface area contributed by atoms with Gasteiger partial charge in [-0.25, -0.2) is 0 Å². The third kappa shape index (κ3) is 4.90. The smallest absolute Gasteiger partial charge is 0.133 e. The molecule has 0 aliphatic heterocycles. The summed E-state index contributed by atoms with van der Waals surface area (Å²) in [6.45, 7) is 3.98. The number of hydrazone groups is 1. The topological polar surface area (TPSA) is 33.6 Å². The lowest BCUT2D eigenvalue weighted by Gasteiger charge is -2.11. The predicted octanol–water partition coefficient (Wildman–Crippen LogP) is 5.99. The SMILES string of the molecule is CC(C)Oc1ccc(C=NNc2ccc(Cl)c(Cl)c2)cc1Br. The minimum atomic E-state index is 0.132. The summed E-state index contributed by atoms with van der Waals surface area (Å²) in [5.74, 6) is 0.810. The minimum absolute atomic E-state index is 0.132. The summed E-state index contributed by atoms with van der Waals surface area (Å²) < 4.78 is 6.55. The van der Waals surface area contributed by atoms with Gasteiger partial charge in [-0.2, -0.15) is 5.10 Å². The summed E-state index contributed by atoms with van der Waals surface area (Å²) in [7, 11) is 0. The maximum absolute atomic E-state index is 5.95. The molecule has 6 heteroatoms. The van der Waals surface area contributed by atoms with E-state index in [-0.39, 0.29) is 6.10 Å². The first-order valence-electron chi connectivity index (χ1n) is 6.66. The molecule has 0 spiro atoms. The van der Waals surface area contributed by atoms with E-state index in [1.165, 1.54) is 0 Å². The van der Waals surface area contributed by atoms with E-state index in [1.54, 1.807) is 24.4 Å². The molecule has 0 heterocycles. The Morgan fingerprint density at radius 3 is 2.55 bits per heavy atom. The largest absolute Gasteiger partial charge is 0.490 e. The van der Waals surface area contributed by atoms with Crippen LogP contribution in [0.3, 0.4) is 0 Å². The van der Waals surface area contributed by atoms with Crippen LogP contribution < -0.4 is 10.2 Å². The van der Waals surface area contributed by atoms with Crippen LogP contribution >= 0.6 is 39.1 Å². The number of ether oxygens (including phenoxy) is 1. The fourth-order valence-corrected chi connectivity index (χ4v) is 2.48. The molecule has 0 fully saturated rings. The van der Waals surface area contributed by atoms with Crippen LogP contribution in [0.1, 0.15) is 19.4 Å². The molecule has 0 unspecified atom stereocenters. The van der Waals surface area contributed by atoms with Gasteiger partial charge in [0, 0.05) is 0 Å². The molecule has 2 aromatic rings. The van der Waals surface area contributed by atoms with Crippen molar-refractivity contribution in [3.8, 4) is 5.75 Å². The van der Waals surface area contributed by atoms with Gasteiger partial charge in [-0.15, -0.1) is 0 Å². The van der Waals surface area contributed by atoms with Gasteiger partial charge in [-0.3, -0.25) is 5.43 Å². The molecule has 0 bridgehead atoms. The van der Waals surface area contributed by atoms with Gasteiger partial charge in [0.2, 0.25) is 0 Å². The highest BCUT2D eigenvalue weighted by molar-refractivity contribution is 9.10. The van der Waals surface area contributed by atoms with Gasteiger partial charge in [-0.1, -0.05) is 23.2 Å². The Bertz CT molecular complexity index is 690. The number of rotatable bonds is 5. The summed E-state index contributed by atoms with van der Waals surface area (Å²) >= 11 is 15.3. The Balaban J connectivity index is 2.03. The van der Waals surface area contributed by atoms with Crippen molar-refractivity contribution in [1.29, 1.82) is 0 Å². The molecule has 0 amide bonds. The van der Waals surface area contributed by atoms with E-state index in [9.17, 15) is 0 Å². The van der Waals surface area contributed by atoms with Crippen LogP contribution in [0.4, 0.5) is 5.69 Å². The molecule has 0 aliphatic rings. The van der Waals surface area contributed by atoms with Gasteiger partial charge in [0.05, 0.1) is 32.5 Å². The highest BCUT2D eigenvalue weighted by Gasteiger charge is 2.04. The fraction of sp³-hybridized carbons (Fsp3) is 0.188. The monoisotopic (exact) mass is 400 g/mol. The van der Waals surface area contributed by atoms with Crippen LogP contribution in [0.5, 0.6) is 5.75 Å².